The first kappa shape index (κ1) is 9.42. The molecule has 2 aromatic heterocycles. The number of halogens is 2. The molecule has 0 spiro atoms. The third-order valence-electron chi connectivity index (χ3n) is 1.57. The quantitative estimate of drug-likeness (QED) is 0.858. The van der Waals surface area contributed by atoms with Crippen molar-refractivity contribution in [3.63, 3.8) is 0 Å². The van der Waals surface area contributed by atoms with Gasteiger partial charge in [0, 0.05) is 0 Å². The zero-order valence-corrected chi connectivity index (χ0v) is 9.20. The van der Waals surface area contributed by atoms with Crippen molar-refractivity contribution in [1.82, 2.24) is 19.7 Å². The maximum atomic E-state index is 5.73. The van der Waals surface area contributed by atoms with Crippen molar-refractivity contribution < 1.29 is 0 Å². The van der Waals surface area contributed by atoms with Gasteiger partial charge in [0.2, 0.25) is 0 Å². The molecule has 0 radical (unpaired) electrons. The average molecular weight is 275 g/mol. The van der Waals surface area contributed by atoms with Gasteiger partial charge < -0.3 is 5.73 Å². The number of rotatable bonds is 1. The van der Waals surface area contributed by atoms with E-state index in [2.05, 4.69) is 31.0 Å². The summed E-state index contributed by atoms with van der Waals surface area (Å²) < 4.78 is 2.12. The van der Waals surface area contributed by atoms with Crippen molar-refractivity contribution in [1.29, 1.82) is 0 Å². The van der Waals surface area contributed by atoms with Crippen LogP contribution in [-0.2, 0) is 0 Å². The smallest absolute Gasteiger partial charge is 0.173 e. The summed E-state index contributed by atoms with van der Waals surface area (Å²) in [5.41, 5.74) is 5.59. The lowest BCUT2D eigenvalue weighted by molar-refractivity contribution is 0.835. The predicted octanol–water partition coefficient (Wildman–Crippen LogP) is 1.66. The van der Waals surface area contributed by atoms with E-state index in [1.54, 1.807) is 6.20 Å². The fraction of sp³-hybridized carbons (Fsp3) is 0. The number of anilines is 1. The van der Waals surface area contributed by atoms with E-state index >= 15 is 0 Å². The number of hydrogen-bond acceptors (Lipinski definition) is 4. The molecule has 5 nitrogen and oxygen atoms in total. The second-order valence-electron chi connectivity index (χ2n) is 2.50. The Hall–Kier alpha value is -1.14. The van der Waals surface area contributed by atoms with E-state index in [0.717, 1.165) is 0 Å². The van der Waals surface area contributed by atoms with Crippen molar-refractivity contribution in [2.45, 2.75) is 0 Å². The van der Waals surface area contributed by atoms with E-state index in [-0.39, 0.29) is 0 Å². The molecule has 0 atom stereocenters. The Labute approximate surface area is 93.0 Å². The lowest BCUT2D eigenvalue weighted by Gasteiger charge is -2.03. The van der Waals surface area contributed by atoms with Gasteiger partial charge in [0.1, 0.15) is 16.6 Å². The number of aromatic nitrogens is 4. The second-order valence-corrected chi connectivity index (χ2v) is 3.73. The molecule has 0 aliphatic heterocycles. The fourth-order valence-electron chi connectivity index (χ4n) is 0.950. The van der Waals surface area contributed by atoms with Crippen LogP contribution in [0.1, 0.15) is 0 Å². The van der Waals surface area contributed by atoms with Crippen LogP contribution in [-0.4, -0.2) is 19.7 Å². The molecule has 0 unspecified atom stereocenters. The molecule has 2 aromatic rings. The van der Waals surface area contributed by atoms with Crippen molar-refractivity contribution >= 4 is 33.3 Å². The van der Waals surface area contributed by atoms with Crippen LogP contribution in [0.4, 0.5) is 5.82 Å². The van der Waals surface area contributed by atoms with Crippen molar-refractivity contribution in [2.75, 3.05) is 5.73 Å². The molecule has 2 heterocycles. The third-order valence-corrected chi connectivity index (χ3v) is 2.52. The molecule has 0 fully saturated rings. The molecule has 0 aliphatic carbocycles. The lowest BCUT2D eigenvalue weighted by atomic mass is 10.5. The number of nitrogen functional groups attached to an aromatic ring is 1. The minimum absolute atomic E-state index is 0.363. The molecule has 0 aromatic carbocycles. The third kappa shape index (κ3) is 1.58. The molecule has 2 rings (SSSR count). The molecule has 7 heteroatoms. The Morgan fingerprint density at radius 1 is 1.43 bits per heavy atom. The lowest BCUT2D eigenvalue weighted by Crippen LogP contribution is -2.03. The van der Waals surface area contributed by atoms with Gasteiger partial charge >= 0.3 is 0 Å². The van der Waals surface area contributed by atoms with Gasteiger partial charge in [0.25, 0.3) is 0 Å². The topological polar surface area (TPSA) is 69.6 Å². The molecular weight excluding hydrogens is 269 g/mol. The summed E-state index contributed by atoms with van der Waals surface area (Å²) in [5.74, 6) is 0.922. The van der Waals surface area contributed by atoms with Crippen LogP contribution in [0.15, 0.2) is 23.2 Å². The highest BCUT2D eigenvalue weighted by molar-refractivity contribution is 9.10. The van der Waals surface area contributed by atoms with Crippen LogP contribution in [0.25, 0.3) is 5.82 Å². The molecule has 0 aliphatic rings. The van der Waals surface area contributed by atoms with Gasteiger partial charge in [0.05, 0.1) is 17.4 Å². The summed E-state index contributed by atoms with van der Waals surface area (Å²) in [6.45, 7) is 0. The molecule has 14 heavy (non-hydrogen) atoms. The Kier molecular flexibility index (Phi) is 2.39. The maximum Gasteiger partial charge on any atom is 0.173 e. The van der Waals surface area contributed by atoms with Gasteiger partial charge in [-0.25, -0.2) is 14.6 Å². The van der Waals surface area contributed by atoms with Gasteiger partial charge in [-0.1, -0.05) is 11.6 Å². The Bertz CT molecular complexity index is 469. The van der Waals surface area contributed by atoms with Crippen LogP contribution < -0.4 is 5.73 Å². The van der Waals surface area contributed by atoms with E-state index in [1.165, 1.54) is 17.2 Å². The highest BCUT2D eigenvalue weighted by Gasteiger charge is 2.08. The van der Waals surface area contributed by atoms with Crippen molar-refractivity contribution in [3.05, 3.63) is 28.2 Å². The molecule has 0 saturated heterocycles. The van der Waals surface area contributed by atoms with Gasteiger partial charge in [0.15, 0.2) is 5.82 Å². The first-order chi connectivity index (χ1) is 6.68. The Morgan fingerprint density at radius 3 is 2.86 bits per heavy atom. The van der Waals surface area contributed by atoms with Gasteiger partial charge in [-0.3, -0.25) is 0 Å². The predicted molar refractivity (Wildman–Crippen MR) is 56.3 cm³/mol. The maximum absolute atomic E-state index is 5.73. The van der Waals surface area contributed by atoms with Gasteiger partial charge in [-0.05, 0) is 15.9 Å². The van der Waals surface area contributed by atoms with Crippen LogP contribution in [0.3, 0.4) is 0 Å². The van der Waals surface area contributed by atoms with Crippen LogP contribution >= 0.6 is 27.5 Å². The van der Waals surface area contributed by atoms with Crippen LogP contribution in [0.2, 0.25) is 5.02 Å². The molecule has 0 bridgehead atoms. The molecule has 0 amide bonds. The number of nitrogens with two attached hydrogens (primary N) is 1. The molecular formula is C7H5BrClN5. The molecule has 0 saturated carbocycles. The Balaban J connectivity index is 2.57. The SMILES string of the molecule is Nc1ncnc(-n2cc(Cl)cn2)c1Br. The van der Waals surface area contributed by atoms with Gasteiger partial charge in [-0.2, -0.15) is 5.10 Å². The van der Waals surface area contributed by atoms with E-state index < -0.39 is 0 Å². The number of nitrogens with zero attached hydrogens (tertiary/aromatic N) is 4. The standard InChI is InChI=1S/C7H5BrClN5/c8-5-6(10)11-3-12-7(5)14-2-4(9)1-13-14/h1-3H,(H2,10,11,12). The second kappa shape index (κ2) is 3.55. The van der Waals surface area contributed by atoms with E-state index in [9.17, 15) is 0 Å². The van der Waals surface area contributed by atoms with E-state index in [4.69, 9.17) is 17.3 Å². The zero-order valence-electron chi connectivity index (χ0n) is 6.85. The summed E-state index contributed by atoms with van der Waals surface area (Å²) in [6, 6.07) is 0. The monoisotopic (exact) mass is 273 g/mol. The van der Waals surface area contributed by atoms with Crippen molar-refractivity contribution in [3.8, 4) is 5.82 Å². The normalized spacial score (nSPS) is 10.4. The molecule has 2 N–H and O–H groups in total. The minimum Gasteiger partial charge on any atom is -0.383 e. The fourth-order valence-corrected chi connectivity index (χ4v) is 1.47. The van der Waals surface area contributed by atoms with Crippen LogP contribution in [0, 0.1) is 0 Å². The average Bonchev–Trinajstić information content (AvgIpc) is 2.57. The zero-order chi connectivity index (χ0) is 10.1. The van der Waals surface area contributed by atoms with E-state index in [0.29, 0.717) is 21.1 Å². The summed E-state index contributed by atoms with van der Waals surface area (Å²) in [7, 11) is 0. The summed E-state index contributed by atoms with van der Waals surface area (Å²) in [5, 5.41) is 4.53. The Morgan fingerprint density at radius 2 is 2.21 bits per heavy atom. The highest BCUT2D eigenvalue weighted by Crippen LogP contribution is 2.23. The summed E-state index contributed by atoms with van der Waals surface area (Å²) in [4.78, 5) is 7.84. The minimum atomic E-state index is 0.363. The highest BCUT2D eigenvalue weighted by atomic mass is 79.9. The van der Waals surface area contributed by atoms with Gasteiger partial charge in [-0.15, -0.1) is 0 Å². The van der Waals surface area contributed by atoms with Crippen LogP contribution in [0.5, 0.6) is 0 Å². The van der Waals surface area contributed by atoms with E-state index in [1.807, 2.05) is 0 Å². The molecule has 72 valence electrons. The van der Waals surface area contributed by atoms with Crippen molar-refractivity contribution in [2.24, 2.45) is 0 Å². The summed E-state index contributed by atoms with van der Waals surface area (Å²) in [6.07, 6.45) is 4.52. The largest absolute Gasteiger partial charge is 0.383 e. The summed E-state index contributed by atoms with van der Waals surface area (Å²) >= 11 is 9.00. The first-order valence-corrected chi connectivity index (χ1v) is 4.82. The number of hydrogen-bond donors (Lipinski definition) is 1. The first-order valence-electron chi connectivity index (χ1n) is 3.65.